The Morgan fingerprint density at radius 1 is 1.50 bits per heavy atom. The minimum absolute atomic E-state index is 0.0124. The normalized spacial score (nSPS) is 19.6. The van der Waals surface area contributed by atoms with E-state index in [1.165, 1.54) is 19.3 Å². The van der Waals surface area contributed by atoms with Crippen LogP contribution in [-0.4, -0.2) is 26.9 Å². The fraction of sp³-hybridized carbons (Fsp3) is 0.786. The molecule has 2 atom stereocenters. The second-order valence-corrected chi connectivity index (χ2v) is 5.66. The van der Waals surface area contributed by atoms with Crippen LogP contribution in [0.4, 0.5) is 0 Å². The van der Waals surface area contributed by atoms with Crippen molar-refractivity contribution >= 4 is 5.91 Å². The Bertz CT molecular complexity index is 439. The van der Waals surface area contributed by atoms with Gasteiger partial charge in [0.2, 0.25) is 5.91 Å². The molecule has 1 fully saturated rings. The predicted octanol–water partition coefficient (Wildman–Crippen LogP) is 1.70. The van der Waals surface area contributed by atoms with E-state index in [4.69, 9.17) is 5.73 Å². The summed E-state index contributed by atoms with van der Waals surface area (Å²) >= 11 is 0. The molecule has 2 rings (SSSR count). The Kier molecular flexibility index (Phi) is 5.11. The summed E-state index contributed by atoms with van der Waals surface area (Å²) in [5, 5.41) is 11.2. The zero-order valence-corrected chi connectivity index (χ0v) is 12.4. The van der Waals surface area contributed by atoms with E-state index in [1.54, 1.807) is 10.9 Å². The third kappa shape index (κ3) is 3.56. The summed E-state index contributed by atoms with van der Waals surface area (Å²) in [5.74, 6) is 0.0124. The number of hydrogen-bond acceptors (Lipinski definition) is 4. The molecule has 1 aromatic heterocycles. The Morgan fingerprint density at radius 3 is 2.85 bits per heavy atom. The SMILES string of the molecule is CCC(N)c1cn(C(C)C(=O)NC2CCCCC2)nn1. The maximum atomic E-state index is 12.2. The summed E-state index contributed by atoms with van der Waals surface area (Å²) < 4.78 is 1.60. The molecule has 20 heavy (non-hydrogen) atoms. The monoisotopic (exact) mass is 279 g/mol. The molecule has 1 aromatic rings. The van der Waals surface area contributed by atoms with Gasteiger partial charge >= 0.3 is 0 Å². The molecule has 3 N–H and O–H groups in total. The highest BCUT2D eigenvalue weighted by Crippen LogP contribution is 2.18. The lowest BCUT2D eigenvalue weighted by Gasteiger charge is -2.24. The lowest BCUT2D eigenvalue weighted by Crippen LogP contribution is -2.40. The Morgan fingerprint density at radius 2 is 2.20 bits per heavy atom. The quantitative estimate of drug-likeness (QED) is 0.859. The molecule has 1 aliphatic rings. The van der Waals surface area contributed by atoms with Gasteiger partial charge in [-0.3, -0.25) is 4.79 Å². The smallest absolute Gasteiger partial charge is 0.244 e. The van der Waals surface area contributed by atoms with E-state index < -0.39 is 0 Å². The second-order valence-electron chi connectivity index (χ2n) is 5.66. The summed E-state index contributed by atoms with van der Waals surface area (Å²) in [6, 6.07) is -0.140. The maximum Gasteiger partial charge on any atom is 0.244 e. The lowest BCUT2D eigenvalue weighted by molar-refractivity contribution is -0.125. The molecule has 1 heterocycles. The van der Waals surface area contributed by atoms with Crippen LogP contribution in [-0.2, 0) is 4.79 Å². The van der Waals surface area contributed by atoms with Gasteiger partial charge in [-0.25, -0.2) is 4.68 Å². The highest BCUT2D eigenvalue weighted by molar-refractivity contribution is 5.80. The van der Waals surface area contributed by atoms with Crippen molar-refractivity contribution in [2.24, 2.45) is 5.73 Å². The average Bonchev–Trinajstić information content (AvgIpc) is 2.96. The highest BCUT2D eigenvalue weighted by atomic mass is 16.2. The van der Waals surface area contributed by atoms with Gasteiger partial charge in [-0.1, -0.05) is 31.4 Å². The van der Waals surface area contributed by atoms with Crippen LogP contribution in [0.5, 0.6) is 0 Å². The van der Waals surface area contributed by atoms with Gasteiger partial charge in [0.15, 0.2) is 0 Å². The number of amides is 1. The first-order valence-corrected chi connectivity index (χ1v) is 7.59. The molecule has 0 aliphatic heterocycles. The van der Waals surface area contributed by atoms with Gasteiger partial charge in [0, 0.05) is 6.04 Å². The van der Waals surface area contributed by atoms with Gasteiger partial charge in [0.25, 0.3) is 0 Å². The van der Waals surface area contributed by atoms with Crippen LogP contribution >= 0.6 is 0 Å². The van der Waals surface area contributed by atoms with Gasteiger partial charge in [-0.05, 0) is 26.2 Å². The van der Waals surface area contributed by atoms with E-state index in [0.29, 0.717) is 6.04 Å². The van der Waals surface area contributed by atoms with Gasteiger partial charge in [-0.15, -0.1) is 5.10 Å². The van der Waals surface area contributed by atoms with Crippen LogP contribution in [0.2, 0.25) is 0 Å². The van der Waals surface area contributed by atoms with Crippen LogP contribution in [0.3, 0.4) is 0 Å². The minimum Gasteiger partial charge on any atom is -0.352 e. The van der Waals surface area contributed by atoms with E-state index in [2.05, 4.69) is 15.6 Å². The Balaban J connectivity index is 1.93. The molecule has 0 radical (unpaired) electrons. The Hall–Kier alpha value is -1.43. The lowest BCUT2D eigenvalue weighted by atomic mass is 9.95. The summed E-state index contributed by atoms with van der Waals surface area (Å²) in [4.78, 5) is 12.2. The van der Waals surface area contributed by atoms with Gasteiger partial charge in [0.1, 0.15) is 6.04 Å². The second kappa shape index (κ2) is 6.83. The number of hydrogen-bond donors (Lipinski definition) is 2. The molecule has 0 saturated heterocycles. The molecule has 1 aliphatic carbocycles. The molecule has 0 bridgehead atoms. The first-order valence-electron chi connectivity index (χ1n) is 7.59. The van der Waals surface area contributed by atoms with Crippen molar-refractivity contribution in [3.05, 3.63) is 11.9 Å². The standard InChI is InChI=1S/C14H25N5O/c1-3-12(15)13-9-19(18-17-13)10(2)14(20)16-11-7-5-4-6-8-11/h9-12H,3-8,15H2,1-2H3,(H,16,20). The van der Waals surface area contributed by atoms with Crippen molar-refractivity contribution in [1.82, 2.24) is 20.3 Å². The number of carbonyl (C=O) groups is 1. The van der Waals surface area contributed by atoms with Gasteiger partial charge < -0.3 is 11.1 Å². The number of nitrogens with one attached hydrogen (secondary N) is 1. The molecule has 6 heteroatoms. The van der Waals surface area contributed by atoms with Crippen molar-refractivity contribution in [3.8, 4) is 0 Å². The zero-order valence-electron chi connectivity index (χ0n) is 12.4. The largest absolute Gasteiger partial charge is 0.352 e. The number of carbonyl (C=O) groups excluding carboxylic acids is 1. The van der Waals surface area contributed by atoms with Crippen molar-refractivity contribution in [3.63, 3.8) is 0 Å². The molecule has 0 aromatic carbocycles. The van der Waals surface area contributed by atoms with Crippen molar-refractivity contribution in [2.75, 3.05) is 0 Å². The predicted molar refractivity (Wildman–Crippen MR) is 77.0 cm³/mol. The van der Waals surface area contributed by atoms with Crippen molar-refractivity contribution < 1.29 is 4.79 Å². The minimum atomic E-state index is -0.345. The van der Waals surface area contributed by atoms with Crippen LogP contribution in [0.25, 0.3) is 0 Å². The number of nitrogens with two attached hydrogens (primary N) is 1. The maximum absolute atomic E-state index is 12.2. The molecular weight excluding hydrogens is 254 g/mol. The number of nitrogens with zero attached hydrogens (tertiary/aromatic N) is 3. The first-order chi connectivity index (χ1) is 9.61. The van der Waals surface area contributed by atoms with E-state index >= 15 is 0 Å². The molecule has 1 amide bonds. The van der Waals surface area contributed by atoms with Crippen LogP contribution in [0.1, 0.15) is 70.2 Å². The summed E-state index contributed by atoms with van der Waals surface area (Å²) in [6.45, 7) is 3.84. The molecule has 0 spiro atoms. The third-order valence-corrected chi connectivity index (χ3v) is 4.08. The summed E-state index contributed by atoms with van der Waals surface area (Å²) in [6.07, 6.45) is 8.45. The molecule has 2 unspecified atom stereocenters. The Labute approximate surface area is 120 Å². The fourth-order valence-corrected chi connectivity index (χ4v) is 2.55. The fourth-order valence-electron chi connectivity index (χ4n) is 2.55. The van der Waals surface area contributed by atoms with E-state index in [1.807, 2.05) is 13.8 Å². The van der Waals surface area contributed by atoms with Crippen molar-refractivity contribution in [2.45, 2.75) is 70.5 Å². The molecular formula is C14H25N5O. The van der Waals surface area contributed by atoms with Crippen LogP contribution in [0, 0.1) is 0 Å². The molecule has 6 nitrogen and oxygen atoms in total. The van der Waals surface area contributed by atoms with Crippen LogP contribution < -0.4 is 11.1 Å². The molecule has 112 valence electrons. The zero-order chi connectivity index (χ0) is 14.5. The summed E-state index contributed by atoms with van der Waals surface area (Å²) in [7, 11) is 0. The first kappa shape index (κ1) is 15.0. The van der Waals surface area contributed by atoms with Crippen molar-refractivity contribution in [1.29, 1.82) is 0 Å². The van der Waals surface area contributed by atoms with Gasteiger partial charge in [0.05, 0.1) is 17.9 Å². The topological polar surface area (TPSA) is 85.8 Å². The highest BCUT2D eigenvalue weighted by Gasteiger charge is 2.22. The van der Waals surface area contributed by atoms with E-state index in [0.717, 1.165) is 25.0 Å². The number of rotatable bonds is 5. The third-order valence-electron chi connectivity index (χ3n) is 4.08. The average molecular weight is 279 g/mol. The van der Waals surface area contributed by atoms with Gasteiger partial charge in [-0.2, -0.15) is 0 Å². The number of aromatic nitrogens is 3. The molecule has 1 saturated carbocycles. The van der Waals surface area contributed by atoms with Crippen LogP contribution in [0.15, 0.2) is 6.20 Å². The van der Waals surface area contributed by atoms with E-state index in [9.17, 15) is 4.79 Å². The summed E-state index contributed by atoms with van der Waals surface area (Å²) in [5.41, 5.74) is 6.66. The van der Waals surface area contributed by atoms with E-state index in [-0.39, 0.29) is 18.0 Å².